The number of carbonyl (C=O) groups excluding carboxylic acids is 3. The molecule has 0 aromatic heterocycles. The molecular formula is C21H22N2O7. The van der Waals surface area contributed by atoms with E-state index >= 15 is 0 Å². The second-order valence-corrected chi connectivity index (χ2v) is 6.20. The Balaban J connectivity index is 2.15. The lowest BCUT2D eigenvalue weighted by Gasteiger charge is -2.18. The first-order valence-corrected chi connectivity index (χ1v) is 8.90. The van der Waals surface area contributed by atoms with E-state index in [4.69, 9.17) is 14.7 Å². The van der Waals surface area contributed by atoms with Crippen LogP contribution in [0.4, 0.5) is 10.5 Å². The van der Waals surface area contributed by atoms with Gasteiger partial charge in [0.2, 0.25) is 0 Å². The number of hydroxylamine groups is 1. The summed E-state index contributed by atoms with van der Waals surface area (Å²) < 4.78 is 10.5. The van der Waals surface area contributed by atoms with Crippen LogP contribution in [-0.4, -0.2) is 35.2 Å². The lowest BCUT2D eigenvalue weighted by atomic mass is 10.1. The van der Waals surface area contributed by atoms with E-state index in [2.05, 4.69) is 5.32 Å². The second kappa shape index (κ2) is 10.6. The second-order valence-electron chi connectivity index (χ2n) is 6.20. The van der Waals surface area contributed by atoms with Crippen LogP contribution in [0.25, 0.3) is 0 Å². The molecule has 2 aromatic rings. The van der Waals surface area contributed by atoms with Crippen LogP contribution >= 0.6 is 0 Å². The minimum Gasteiger partial charge on any atom is -0.504 e. The van der Waals surface area contributed by atoms with Gasteiger partial charge in [0.1, 0.15) is 6.10 Å². The van der Waals surface area contributed by atoms with Crippen molar-refractivity contribution in [3.8, 4) is 11.5 Å². The van der Waals surface area contributed by atoms with E-state index in [0.717, 1.165) is 6.08 Å². The zero-order chi connectivity index (χ0) is 22.1. The third kappa shape index (κ3) is 6.35. The fourth-order valence-corrected chi connectivity index (χ4v) is 2.56. The quantitative estimate of drug-likeness (QED) is 0.225. The molecule has 1 atom stereocenters. The highest BCUT2D eigenvalue weighted by molar-refractivity contribution is 5.95. The molecule has 0 aliphatic carbocycles. The Morgan fingerprint density at radius 2 is 1.83 bits per heavy atom. The van der Waals surface area contributed by atoms with Gasteiger partial charge in [0, 0.05) is 23.7 Å². The maximum absolute atomic E-state index is 12.3. The Morgan fingerprint density at radius 1 is 1.13 bits per heavy atom. The van der Waals surface area contributed by atoms with Crippen molar-refractivity contribution in [1.29, 1.82) is 0 Å². The molecule has 2 amide bonds. The summed E-state index contributed by atoms with van der Waals surface area (Å²) in [4.78, 5) is 34.8. The molecule has 0 saturated heterocycles. The van der Waals surface area contributed by atoms with Gasteiger partial charge in [0.25, 0.3) is 5.91 Å². The zero-order valence-electron chi connectivity index (χ0n) is 16.4. The summed E-state index contributed by atoms with van der Waals surface area (Å²) in [7, 11) is 1.41. The number of Topliss-reactive ketones (excluding diaryl/α,β-unsaturated/α-hetero) is 1. The van der Waals surface area contributed by atoms with E-state index in [-0.39, 0.29) is 23.7 Å². The average Bonchev–Trinajstić information content (AvgIpc) is 2.73. The summed E-state index contributed by atoms with van der Waals surface area (Å²) in [6, 6.07) is 10.8. The molecule has 0 unspecified atom stereocenters. The maximum Gasteiger partial charge on any atom is 0.412 e. The van der Waals surface area contributed by atoms with Crippen molar-refractivity contribution in [3.63, 3.8) is 0 Å². The molecule has 0 fully saturated rings. The number of hydrogen-bond donors (Lipinski definition) is 4. The Hall–Kier alpha value is -3.85. The van der Waals surface area contributed by atoms with E-state index < -0.39 is 18.1 Å². The van der Waals surface area contributed by atoms with Gasteiger partial charge >= 0.3 is 6.09 Å². The lowest BCUT2D eigenvalue weighted by Crippen LogP contribution is -2.18. The predicted molar refractivity (Wildman–Crippen MR) is 108 cm³/mol. The number of ether oxygens (including phenoxy) is 2. The topological polar surface area (TPSA) is 134 Å². The van der Waals surface area contributed by atoms with Gasteiger partial charge < -0.3 is 14.6 Å². The molecule has 0 heterocycles. The molecule has 0 aliphatic rings. The maximum atomic E-state index is 12.3. The van der Waals surface area contributed by atoms with E-state index in [1.165, 1.54) is 37.7 Å². The summed E-state index contributed by atoms with van der Waals surface area (Å²) in [6.07, 6.45) is 0.965. The standard InChI is InChI=1S/C21H22N2O7/c1-13(24)14-6-9-16(10-7-14)22-21(27)30-18(4-3-5-20(26)23-28)15-8-11-19(29-2)17(25)12-15/h3,5-12,18,25,28H,4H2,1-2H3,(H,22,27)(H,23,26)/b5-3+/t18-/m1/s1. The number of phenols is 1. The highest BCUT2D eigenvalue weighted by atomic mass is 16.6. The summed E-state index contributed by atoms with van der Waals surface area (Å²) in [5.74, 6) is -0.716. The van der Waals surface area contributed by atoms with Gasteiger partial charge in [-0.05, 0) is 48.9 Å². The zero-order valence-corrected chi connectivity index (χ0v) is 16.4. The monoisotopic (exact) mass is 414 g/mol. The minimum absolute atomic E-state index is 0.0931. The molecular weight excluding hydrogens is 392 g/mol. The third-order valence-electron chi connectivity index (χ3n) is 4.09. The van der Waals surface area contributed by atoms with Gasteiger partial charge in [-0.15, -0.1) is 0 Å². The number of aromatic hydroxyl groups is 1. The molecule has 4 N–H and O–H groups in total. The molecule has 158 valence electrons. The first-order valence-electron chi connectivity index (χ1n) is 8.90. The van der Waals surface area contributed by atoms with Gasteiger partial charge in [-0.25, -0.2) is 10.3 Å². The highest BCUT2D eigenvalue weighted by Crippen LogP contribution is 2.32. The van der Waals surface area contributed by atoms with Crippen LogP contribution in [0.3, 0.4) is 0 Å². The minimum atomic E-state index is -0.846. The summed E-state index contributed by atoms with van der Waals surface area (Å²) >= 11 is 0. The number of amides is 2. The number of rotatable bonds is 8. The van der Waals surface area contributed by atoms with Crippen LogP contribution in [0.15, 0.2) is 54.6 Å². The summed E-state index contributed by atoms with van der Waals surface area (Å²) in [6.45, 7) is 1.44. The van der Waals surface area contributed by atoms with Crippen LogP contribution in [0, 0.1) is 0 Å². The Labute approximate surface area is 172 Å². The smallest absolute Gasteiger partial charge is 0.412 e. The van der Waals surface area contributed by atoms with Crippen molar-refractivity contribution in [2.75, 3.05) is 12.4 Å². The van der Waals surface area contributed by atoms with Gasteiger partial charge in [0.05, 0.1) is 7.11 Å². The first kappa shape index (κ1) is 22.4. The van der Waals surface area contributed by atoms with Crippen LogP contribution in [0.2, 0.25) is 0 Å². The Morgan fingerprint density at radius 3 is 2.40 bits per heavy atom. The van der Waals surface area contributed by atoms with Crippen LogP contribution < -0.4 is 15.5 Å². The number of anilines is 1. The Kier molecular flexibility index (Phi) is 7.95. The molecule has 0 aliphatic heterocycles. The molecule has 0 bridgehead atoms. The van der Waals surface area contributed by atoms with Crippen molar-refractivity contribution in [2.24, 2.45) is 0 Å². The number of ketones is 1. The number of benzene rings is 2. The first-order chi connectivity index (χ1) is 14.3. The van der Waals surface area contributed by atoms with Gasteiger partial charge in [-0.2, -0.15) is 0 Å². The van der Waals surface area contributed by atoms with Crippen molar-refractivity contribution in [3.05, 3.63) is 65.7 Å². The molecule has 0 saturated carbocycles. The number of phenolic OH excluding ortho intramolecular Hbond substituents is 1. The number of methoxy groups -OCH3 is 1. The SMILES string of the molecule is COc1ccc([C@@H](C/C=C/C(=O)NO)OC(=O)Nc2ccc(C(C)=O)cc2)cc1O. The molecule has 2 aromatic carbocycles. The number of hydrogen-bond acceptors (Lipinski definition) is 7. The normalized spacial score (nSPS) is 11.6. The molecule has 0 spiro atoms. The van der Waals surface area contributed by atoms with Crippen LogP contribution in [0.1, 0.15) is 35.4 Å². The van der Waals surface area contributed by atoms with Crippen LogP contribution in [-0.2, 0) is 9.53 Å². The van der Waals surface area contributed by atoms with E-state index in [9.17, 15) is 19.5 Å². The van der Waals surface area contributed by atoms with Crippen molar-refractivity contribution in [1.82, 2.24) is 5.48 Å². The van der Waals surface area contributed by atoms with E-state index in [1.807, 2.05) is 0 Å². The van der Waals surface area contributed by atoms with Crippen LogP contribution in [0.5, 0.6) is 11.5 Å². The van der Waals surface area contributed by atoms with Gasteiger partial charge in [-0.1, -0.05) is 12.1 Å². The molecule has 0 radical (unpaired) electrons. The number of carbonyl (C=O) groups is 3. The summed E-state index contributed by atoms with van der Waals surface area (Å²) in [5.41, 5.74) is 2.86. The predicted octanol–water partition coefficient (Wildman–Crippen LogP) is 3.34. The molecule has 30 heavy (non-hydrogen) atoms. The molecule has 9 heteroatoms. The van der Waals surface area contributed by atoms with Gasteiger partial charge in [0.15, 0.2) is 17.3 Å². The fourth-order valence-electron chi connectivity index (χ4n) is 2.56. The van der Waals surface area contributed by atoms with Crippen molar-refractivity contribution in [2.45, 2.75) is 19.4 Å². The van der Waals surface area contributed by atoms with E-state index in [0.29, 0.717) is 16.8 Å². The third-order valence-corrected chi connectivity index (χ3v) is 4.09. The van der Waals surface area contributed by atoms with Crippen molar-refractivity contribution < 1.29 is 34.2 Å². The van der Waals surface area contributed by atoms with Gasteiger partial charge in [-0.3, -0.25) is 20.1 Å². The largest absolute Gasteiger partial charge is 0.504 e. The van der Waals surface area contributed by atoms with Crippen molar-refractivity contribution >= 4 is 23.5 Å². The number of nitrogens with one attached hydrogen (secondary N) is 2. The average molecular weight is 414 g/mol. The Bertz CT molecular complexity index is 939. The lowest BCUT2D eigenvalue weighted by molar-refractivity contribution is -0.124. The van der Waals surface area contributed by atoms with E-state index in [1.54, 1.807) is 30.3 Å². The molecule has 9 nitrogen and oxygen atoms in total. The highest BCUT2D eigenvalue weighted by Gasteiger charge is 2.18. The summed E-state index contributed by atoms with van der Waals surface area (Å²) in [5, 5.41) is 21.1. The fraction of sp³-hybridized carbons (Fsp3) is 0.190. The molecule has 2 rings (SSSR count).